The molecule has 0 saturated carbocycles. The molecule has 6 heteroatoms. The third-order valence-electron chi connectivity index (χ3n) is 3.43. The first kappa shape index (κ1) is 15.3. The lowest BCUT2D eigenvalue weighted by Crippen LogP contribution is -2.08. The highest BCUT2D eigenvalue weighted by atomic mass is 127. The number of aryl methyl sites for hydroxylation is 1. The Labute approximate surface area is 145 Å². The average Bonchev–Trinajstić information content (AvgIpc) is 2.89. The summed E-state index contributed by atoms with van der Waals surface area (Å²) < 4.78 is 2.33. The fourth-order valence-corrected chi connectivity index (χ4v) is 3.37. The molecule has 3 rings (SSSR count). The van der Waals surface area contributed by atoms with E-state index in [2.05, 4.69) is 4.98 Å². The van der Waals surface area contributed by atoms with E-state index in [0.717, 1.165) is 11.3 Å². The largest absolute Gasteiger partial charge is 0.505 e. The number of nitrogens with zero attached hydrogens (tertiary/aromatic N) is 2. The van der Waals surface area contributed by atoms with Crippen molar-refractivity contribution in [3.8, 4) is 5.75 Å². The number of fused-ring (bicyclic) bond motifs is 1. The lowest BCUT2D eigenvalue weighted by Gasteiger charge is -2.07. The topological polar surface area (TPSA) is 54.6 Å². The van der Waals surface area contributed by atoms with Gasteiger partial charge in [-0.2, -0.15) is 0 Å². The number of aromatic hydroxyl groups is 1. The number of aromatic nitrogens is 2. The van der Waals surface area contributed by atoms with Crippen molar-refractivity contribution in [2.24, 2.45) is 0 Å². The quantitative estimate of drug-likeness (QED) is 0.507. The van der Waals surface area contributed by atoms with Crippen LogP contribution in [0.15, 0.2) is 36.5 Å². The van der Waals surface area contributed by atoms with Gasteiger partial charge in [-0.15, -0.1) is 0 Å². The lowest BCUT2D eigenvalue weighted by molar-refractivity contribution is 0.103. The number of rotatable bonds is 3. The van der Waals surface area contributed by atoms with Gasteiger partial charge in [-0.3, -0.25) is 9.20 Å². The molecule has 4 nitrogen and oxygen atoms in total. The Kier molecular flexibility index (Phi) is 4.10. The Hall–Kier alpha value is -1.60. The van der Waals surface area contributed by atoms with Crippen LogP contribution in [-0.2, 0) is 6.42 Å². The molecule has 0 radical (unpaired) electrons. The van der Waals surface area contributed by atoms with Gasteiger partial charge in [0.2, 0.25) is 5.78 Å². The minimum atomic E-state index is -0.157. The first-order valence-electron chi connectivity index (χ1n) is 6.71. The molecule has 2 aromatic heterocycles. The van der Waals surface area contributed by atoms with Crippen molar-refractivity contribution in [2.45, 2.75) is 13.3 Å². The molecule has 0 saturated heterocycles. The van der Waals surface area contributed by atoms with Crippen molar-refractivity contribution >= 4 is 45.6 Å². The van der Waals surface area contributed by atoms with Crippen molar-refractivity contribution < 1.29 is 9.90 Å². The normalized spacial score (nSPS) is 11.0. The van der Waals surface area contributed by atoms with Crippen LogP contribution in [0.5, 0.6) is 5.75 Å². The highest BCUT2D eigenvalue weighted by molar-refractivity contribution is 14.1. The van der Waals surface area contributed by atoms with Crippen LogP contribution in [0.2, 0.25) is 5.02 Å². The molecule has 22 heavy (non-hydrogen) atoms. The molecule has 1 N–H and O–H groups in total. The molecule has 0 aliphatic heterocycles. The number of phenols is 1. The summed E-state index contributed by atoms with van der Waals surface area (Å²) in [7, 11) is 0. The fraction of sp³-hybridized carbons (Fsp3) is 0.125. The zero-order valence-corrected chi connectivity index (χ0v) is 14.6. The highest BCUT2D eigenvalue weighted by Crippen LogP contribution is 2.31. The second-order valence-electron chi connectivity index (χ2n) is 4.81. The minimum absolute atomic E-state index is 0.00678. The number of hydrogen-bond donors (Lipinski definition) is 1. The Bertz CT molecular complexity index is 866. The first-order valence-corrected chi connectivity index (χ1v) is 8.17. The number of halogens is 2. The number of carbonyl (C=O) groups excluding carboxylic acids is 1. The molecule has 3 aromatic rings. The van der Waals surface area contributed by atoms with Gasteiger partial charge in [0.1, 0.15) is 17.1 Å². The Morgan fingerprint density at radius 1 is 1.41 bits per heavy atom. The SMILES string of the molecule is CCc1nc2ccccn2c1C(=O)c1cc(Cl)c(O)c(I)c1. The van der Waals surface area contributed by atoms with Crippen molar-refractivity contribution in [3.05, 3.63) is 62.1 Å². The summed E-state index contributed by atoms with van der Waals surface area (Å²) in [5.41, 5.74) is 2.46. The Balaban J connectivity index is 2.21. The number of imidazole rings is 1. The standard InChI is InChI=1S/C16H12ClIN2O2/c1-2-12-14(20-6-4-3-5-13(20)19-12)15(21)9-7-10(17)16(22)11(18)8-9/h3-8,22H,2H2,1H3. The zero-order chi connectivity index (χ0) is 15.9. The third-order valence-corrected chi connectivity index (χ3v) is 4.54. The average molecular weight is 427 g/mol. The van der Waals surface area contributed by atoms with Crippen molar-refractivity contribution in [3.63, 3.8) is 0 Å². The second kappa shape index (κ2) is 5.89. The summed E-state index contributed by atoms with van der Waals surface area (Å²) in [6.07, 6.45) is 2.48. The van der Waals surface area contributed by atoms with E-state index in [1.165, 1.54) is 6.07 Å². The Morgan fingerprint density at radius 2 is 2.18 bits per heavy atom. The maximum absolute atomic E-state index is 12.9. The number of pyridine rings is 1. The van der Waals surface area contributed by atoms with E-state index in [9.17, 15) is 9.90 Å². The molecule has 0 atom stereocenters. The summed E-state index contributed by atoms with van der Waals surface area (Å²) in [4.78, 5) is 17.4. The van der Waals surface area contributed by atoms with E-state index < -0.39 is 0 Å². The van der Waals surface area contributed by atoms with Crippen LogP contribution in [0.4, 0.5) is 0 Å². The van der Waals surface area contributed by atoms with Gasteiger partial charge in [0.05, 0.1) is 14.3 Å². The molecule has 0 unspecified atom stereocenters. The first-order chi connectivity index (χ1) is 10.5. The maximum Gasteiger partial charge on any atom is 0.211 e. The molecule has 0 amide bonds. The highest BCUT2D eigenvalue weighted by Gasteiger charge is 2.21. The lowest BCUT2D eigenvalue weighted by atomic mass is 10.1. The van der Waals surface area contributed by atoms with Gasteiger partial charge < -0.3 is 5.11 Å². The van der Waals surface area contributed by atoms with E-state index in [4.69, 9.17) is 11.6 Å². The predicted octanol–water partition coefficient (Wildman–Crippen LogP) is 4.09. The summed E-state index contributed by atoms with van der Waals surface area (Å²) in [5, 5.41) is 9.92. The molecule has 0 bridgehead atoms. The van der Waals surface area contributed by atoms with Crippen LogP contribution in [-0.4, -0.2) is 20.3 Å². The van der Waals surface area contributed by atoms with E-state index in [1.54, 1.807) is 10.5 Å². The molecular formula is C16H12ClIN2O2. The van der Waals surface area contributed by atoms with Crippen molar-refractivity contribution in [1.82, 2.24) is 9.38 Å². The number of hydrogen-bond acceptors (Lipinski definition) is 3. The van der Waals surface area contributed by atoms with Gasteiger partial charge in [0, 0.05) is 11.8 Å². The second-order valence-corrected chi connectivity index (χ2v) is 6.38. The number of ketones is 1. The predicted molar refractivity (Wildman–Crippen MR) is 93.8 cm³/mol. The van der Waals surface area contributed by atoms with E-state index in [1.807, 2.05) is 53.9 Å². The van der Waals surface area contributed by atoms with Crippen molar-refractivity contribution in [1.29, 1.82) is 0 Å². The maximum atomic E-state index is 12.9. The molecular weight excluding hydrogens is 415 g/mol. The Morgan fingerprint density at radius 3 is 2.86 bits per heavy atom. The molecule has 0 aliphatic carbocycles. The van der Waals surface area contributed by atoms with Crippen LogP contribution in [0.3, 0.4) is 0 Å². The van der Waals surface area contributed by atoms with Crippen LogP contribution in [0, 0.1) is 3.57 Å². The van der Waals surface area contributed by atoms with E-state index in [0.29, 0.717) is 21.2 Å². The molecule has 0 fully saturated rings. The monoisotopic (exact) mass is 426 g/mol. The molecule has 112 valence electrons. The molecule has 1 aromatic carbocycles. The van der Waals surface area contributed by atoms with Gasteiger partial charge in [-0.25, -0.2) is 4.98 Å². The van der Waals surface area contributed by atoms with Crippen LogP contribution in [0.1, 0.15) is 28.7 Å². The van der Waals surface area contributed by atoms with Crippen LogP contribution < -0.4 is 0 Å². The smallest absolute Gasteiger partial charge is 0.211 e. The van der Waals surface area contributed by atoms with Gasteiger partial charge >= 0.3 is 0 Å². The summed E-state index contributed by atoms with van der Waals surface area (Å²) in [6.45, 7) is 1.96. The number of benzene rings is 1. The van der Waals surface area contributed by atoms with Gasteiger partial charge in [0.15, 0.2) is 0 Å². The molecule has 0 spiro atoms. The molecule has 2 heterocycles. The fourth-order valence-electron chi connectivity index (χ4n) is 2.36. The van der Waals surface area contributed by atoms with Gasteiger partial charge in [-0.1, -0.05) is 24.6 Å². The zero-order valence-electron chi connectivity index (χ0n) is 11.7. The third kappa shape index (κ3) is 2.48. The molecule has 0 aliphatic rings. The van der Waals surface area contributed by atoms with Gasteiger partial charge in [0.25, 0.3) is 0 Å². The van der Waals surface area contributed by atoms with Crippen LogP contribution in [0.25, 0.3) is 5.65 Å². The number of carbonyl (C=O) groups is 1. The number of phenolic OH excluding ortho intramolecular Hbond substituents is 1. The van der Waals surface area contributed by atoms with E-state index >= 15 is 0 Å². The van der Waals surface area contributed by atoms with Gasteiger partial charge in [-0.05, 0) is 53.3 Å². The summed E-state index contributed by atoms with van der Waals surface area (Å²) in [6, 6.07) is 8.73. The summed E-state index contributed by atoms with van der Waals surface area (Å²) in [5.74, 6) is -0.164. The van der Waals surface area contributed by atoms with E-state index in [-0.39, 0.29) is 16.6 Å². The van der Waals surface area contributed by atoms with Crippen molar-refractivity contribution in [2.75, 3.05) is 0 Å². The minimum Gasteiger partial charge on any atom is -0.505 e. The van der Waals surface area contributed by atoms with Crippen LogP contribution >= 0.6 is 34.2 Å². The summed E-state index contributed by atoms with van der Waals surface area (Å²) >= 11 is 7.94.